The Balaban J connectivity index is 1.75. The number of anilines is 1. The Morgan fingerprint density at radius 1 is 1.10 bits per heavy atom. The highest BCUT2D eigenvalue weighted by Crippen LogP contribution is 2.29. The van der Waals surface area contributed by atoms with Gasteiger partial charge in [-0.05, 0) is 56.2 Å². The van der Waals surface area contributed by atoms with E-state index in [1.54, 1.807) is 35.7 Å². The number of amides is 1. The minimum atomic E-state index is -0.320. The molecule has 2 aromatic heterocycles. The van der Waals surface area contributed by atoms with Crippen LogP contribution in [0.1, 0.15) is 27.3 Å². The van der Waals surface area contributed by atoms with Crippen LogP contribution < -0.4 is 5.32 Å². The summed E-state index contributed by atoms with van der Waals surface area (Å²) in [4.78, 5) is 17.3. The fourth-order valence-electron chi connectivity index (χ4n) is 3.29. The average Bonchev–Trinajstić information content (AvgIpc) is 3.02. The molecule has 29 heavy (non-hydrogen) atoms. The van der Waals surface area contributed by atoms with Gasteiger partial charge >= 0.3 is 0 Å². The molecule has 0 saturated carbocycles. The molecule has 0 atom stereocenters. The van der Waals surface area contributed by atoms with Gasteiger partial charge in [-0.1, -0.05) is 29.8 Å². The number of aryl methyl sites for hydroxylation is 3. The van der Waals surface area contributed by atoms with Crippen molar-refractivity contribution < 1.29 is 9.18 Å². The predicted octanol–water partition coefficient (Wildman–Crippen LogP) is 5.37. The second kappa shape index (κ2) is 7.29. The molecule has 0 aliphatic carbocycles. The fraction of sp³-hybridized carbons (Fsp3) is 0.136. The second-order valence-electron chi connectivity index (χ2n) is 6.90. The second-order valence-corrected chi connectivity index (χ2v) is 7.30. The summed E-state index contributed by atoms with van der Waals surface area (Å²) in [6.07, 6.45) is 1.52. The molecule has 1 N–H and O–H groups in total. The Labute approximate surface area is 172 Å². The number of nitrogens with one attached hydrogen (secondary N) is 1. The summed E-state index contributed by atoms with van der Waals surface area (Å²) in [6, 6.07) is 11.6. The van der Waals surface area contributed by atoms with Gasteiger partial charge in [0, 0.05) is 11.8 Å². The highest BCUT2D eigenvalue weighted by atomic mass is 35.5. The van der Waals surface area contributed by atoms with Crippen molar-refractivity contribution in [3.63, 3.8) is 0 Å². The standard InChI is InChI=1S/C22H18ClFN4O/c1-12-4-9-19(18(23)10-12)26-22(29)17-11-25-21-20(13(2)27-28(21)14(17)3)15-5-7-16(24)8-6-15/h4-11H,1-3H3,(H,26,29). The average molecular weight is 409 g/mol. The van der Waals surface area contributed by atoms with Crippen molar-refractivity contribution in [3.8, 4) is 11.1 Å². The first kappa shape index (κ1) is 19.1. The number of fused-ring (bicyclic) bond motifs is 1. The van der Waals surface area contributed by atoms with Crippen LogP contribution in [0.3, 0.4) is 0 Å². The first-order valence-electron chi connectivity index (χ1n) is 9.03. The van der Waals surface area contributed by atoms with E-state index in [2.05, 4.69) is 15.4 Å². The van der Waals surface area contributed by atoms with E-state index >= 15 is 0 Å². The Morgan fingerprint density at radius 3 is 2.52 bits per heavy atom. The van der Waals surface area contributed by atoms with Crippen molar-refractivity contribution in [2.75, 3.05) is 5.32 Å². The molecule has 0 fully saturated rings. The lowest BCUT2D eigenvalue weighted by molar-refractivity contribution is 0.102. The minimum Gasteiger partial charge on any atom is -0.321 e. The summed E-state index contributed by atoms with van der Waals surface area (Å²) >= 11 is 6.22. The fourth-order valence-corrected chi connectivity index (χ4v) is 3.57. The van der Waals surface area contributed by atoms with Gasteiger partial charge in [0.25, 0.3) is 5.91 Å². The van der Waals surface area contributed by atoms with Crippen molar-refractivity contribution in [1.82, 2.24) is 14.6 Å². The lowest BCUT2D eigenvalue weighted by Crippen LogP contribution is -2.16. The first-order valence-corrected chi connectivity index (χ1v) is 9.41. The number of halogens is 2. The van der Waals surface area contributed by atoms with E-state index in [1.165, 1.54) is 18.3 Å². The number of benzene rings is 2. The third-order valence-corrected chi connectivity index (χ3v) is 5.12. The SMILES string of the molecule is Cc1ccc(NC(=O)c2cnc3c(-c4ccc(F)cc4)c(C)nn3c2C)c(Cl)c1. The molecule has 146 valence electrons. The van der Waals surface area contributed by atoms with Crippen molar-refractivity contribution in [3.05, 3.63) is 82.0 Å². The van der Waals surface area contributed by atoms with Crippen molar-refractivity contribution in [1.29, 1.82) is 0 Å². The lowest BCUT2D eigenvalue weighted by Gasteiger charge is -2.10. The maximum Gasteiger partial charge on any atom is 0.259 e. The number of hydrogen-bond acceptors (Lipinski definition) is 3. The van der Waals surface area contributed by atoms with Crippen molar-refractivity contribution >= 4 is 28.8 Å². The molecule has 4 aromatic rings. The van der Waals surface area contributed by atoms with Crippen LogP contribution in [0, 0.1) is 26.6 Å². The summed E-state index contributed by atoms with van der Waals surface area (Å²) in [5.74, 6) is -0.625. The molecule has 0 aliphatic rings. The van der Waals surface area contributed by atoms with Gasteiger partial charge < -0.3 is 5.32 Å². The quantitative estimate of drug-likeness (QED) is 0.496. The Bertz CT molecular complexity index is 1250. The molecule has 0 bridgehead atoms. The molecule has 7 heteroatoms. The summed E-state index contributed by atoms with van der Waals surface area (Å²) in [5, 5.41) is 7.84. The van der Waals surface area contributed by atoms with Gasteiger partial charge in [-0.2, -0.15) is 5.10 Å². The van der Waals surface area contributed by atoms with Gasteiger partial charge in [-0.3, -0.25) is 4.79 Å². The van der Waals surface area contributed by atoms with E-state index in [0.29, 0.717) is 27.6 Å². The molecule has 2 aromatic carbocycles. The molecule has 0 spiro atoms. The van der Waals surface area contributed by atoms with E-state index in [4.69, 9.17) is 11.6 Å². The van der Waals surface area contributed by atoms with Crippen LogP contribution in [0.25, 0.3) is 16.8 Å². The molecule has 1 amide bonds. The molecular weight excluding hydrogens is 391 g/mol. The maximum absolute atomic E-state index is 13.3. The van der Waals surface area contributed by atoms with Gasteiger partial charge in [0.2, 0.25) is 0 Å². The summed E-state index contributed by atoms with van der Waals surface area (Å²) in [6.45, 7) is 5.60. The van der Waals surface area contributed by atoms with Gasteiger partial charge in [0.05, 0.1) is 27.7 Å². The number of nitrogens with zero attached hydrogens (tertiary/aromatic N) is 3. The smallest absolute Gasteiger partial charge is 0.259 e. The molecule has 2 heterocycles. The molecule has 4 rings (SSSR count). The molecule has 0 saturated heterocycles. The third kappa shape index (κ3) is 3.47. The van der Waals surface area contributed by atoms with Crippen LogP contribution in [0.2, 0.25) is 5.02 Å². The van der Waals surface area contributed by atoms with Gasteiger partial charge in [0.15, 0.2) is 5.65 Å². The van der Waals surface area contributed by atoms with Crippen LogP contribution in [0.5, 0.6) is 0 Å². The van der Waals surface area contributed by atoms with E-state index in [1.807, 2.05) is 19.9 Å². The van der Waals surface area contributed by atoms with Crippen molar-refractivity contribution in [2.24, 2.45) is 0 Å². The Hall–Kier alpha value is -3.25. The number of carbonyl (C=O) groups excluding carboxylic acids is 1. The zero-order valence-electron chi connectivity index (χ0n) is 16.1. The largest absolute Gasteiger partial charge is 0.321 e. The highest BCUT2D eigenvalue weighted by molar-refractivity contribution is 6.34. The van der Waals surface area contributed by atoms with Crippen LogP contribution >= 0.6 is 11.6 Å². The molecule has 0 unspecified atom stereocenters. The number of hydrogen-bond donors (Lipinski definition) is 1. The molecule has 5 nitrogen and oxygen atoms in total. The zero-order valence-corrected chi connectivity index (χ0v) is 16.9. The van der Waals surface area contributed by atoms with E-state index in [9.17, 15) is 9.18 Å². The van der Waals surface area contributed by atoms with Crippen LogP contribution in [-0.4, -0.2) is 20.5 Å². The maximum atomic E-state index is 13.3. The normalized spacial score (nSPS) is 11.1. The summed E-state index contributed by atoms with van der Waals surface area (Å²) < 4.78 is 14.9. The van der Waals surface area contributed by atoms with Crippen molar-refractivity contribution in [2.45, 2.75) is 20.8 Å². The topological polar surface area (TPSA) is 59.3 Å². The Kier molecular flexibility index (Phi) is 4.80. The molecular formula is C22H18ClFN4O. The number of rotatable bonds is 3. The van der Waals surface area contributed by atoms with Crippen LogP contribution in [-0.2, 0) is 0 Å². The minimum absolute atomic E-state index is 0.305. The monoisotopic (exact) mass is 408 g/mol. The summed E-state index contributed by atoms with van der Waals surface area (Å²) in [5.41, 5.74) is 5.55. The first-order chi connectivity index (χ1) is 13.8. The van der Waals surface area contributed by atoms with Crippen LogP contribution in [0.4, 0.5) is 10.1 Å². The number of carbonyl (C=O) groups is 1. The number of aromatic nitrogens is 3. The molecule has 0 aliphatic heterocycles. The highest BCUT2D eigenvalue weighted by Gasteiger charge is 2.19. The van der Waals surface area contributed by atoms with E-state index < -0.39 is 0 Å². The lowest BCUT2D eigenvalue weighted by atomic mass is 10.1. The molecule has 0 radical (unpaired) electrons. The van der Waals surface area contributed by atoms with Crippen LogP contribution in [0.15, 0.2) is 48.7 Å². The van der Waals surface area contributed by atoms with Gasteiger partial charge in [-0.25, -0.2) is 13.9 Å². The van der Waals surface area contributed by atoms with E-state index in [-0.39, 0.29) is 11.7 Å². The predicted molar refractivity (Wildman–Crippen MR) is 112 cm³/mol. The zero-order chi connectivity index (χ0) is 20.7. The summed E-state index contributed by atoms with van der Waals surface area (Å²) in [7, 11) is 0. The van der Waals surface area contributed by atoms with Gasteiger partial charge in [0.1, 0.15) is 5.82 Å². The third-order valence-electron chi connectivity index (χ3n) is 4.81. The Morgan fingerprint density at radius 2 is 1.83 bits per heavy atom. The van der Waals surface area contributed by atoms with E-state index in [0.717, 1.165) is 22.4 Å². The van der Waals surface area contributed by atoms with Gasteiger partial charge in [-0.15, -0.1) is 0 Å².